The Morgan fingerprint density at radius 3 is 2.59 bits per heavy atom. The molecule has 0 saturated carbocycles. The highest BCUT2D eigenvalue weighted by atomic mass is 15.1. The lowest BCUT2D eigenvalue weighted by Gasteiger charge is -2.06. The second-order valence-electron chi connectivity index (χ2n) is 3.90. The van der Waals surface area contributed by atoms with Crippen LogP contribution in [0.5, 0.6) is 0 Å². The molecule has 0 aliphatic heterocycles. The Hall–Kier alpha value is -2.34. The number of rotatable bonds is 2. The molecule has 0 fully saturated rings. The zero-order valence-corrected chi connectivity index (χ0v) is 9.86. The smallest absolute Gasteiger partial charge is 0.133 e. The van der Waals surface area contributed by atoms with Crippen LogP contribution in [-0.2, 0) is 0 Å². The fraction of sp³-hybridized carbons (Fsp3) is 0.143. The van der Waals surface area contributed by atoms with Crippen LogP contribution >= 0.6 is 0 Å². The van der Waals surface area contributed by atoms with Crippen LogP contribution in [0.3, 0.4) is 0 Å². The van der Waals surface area contributed by atoms with E-state index in [0.717, 1.165) is 22.8 Å². The van der Waals surface area contributed by atoms with Gasteiger partial charge in [-0.25, -0.2) is 9.97 Å². The van der Waals surface area contributed by atoms with Crippen molar-refractivity contribution in [2.24, 2.45) is 0 Å². The molecule has 2 aromatic heterocycles. The highest BCUT2D eigenvalue weighted by Gasteiger charge is 2.00. The third kappa shape index (κ3) is 2.82. The fourth-order valence-electron chi connectivity index (χ4n) is 1.54. The molecule has 0 amide bonds. The van der Waals surface area contributed by atoms with Gasteiger partial charge in [0.2, 0.25) is 0 Å². The van der Waals surface area contributed by atoms with Crippen molar-refractivity contribution in [2.75, 3.05) is 5.32 Å². The Morgan fingerprint density at radius 1 is 1.12 bits per heavy atom. The number of anilines is 2. The molecule has 0 aliphatic rings. The lowest BCUT2D eigenvalue weighted by atomic mass is 10.2. The average molecular weight is 223 g/mol. The van der Waals surface area contributed by atoms with Crippen molar-refractivity contribution in [1.29, 1.82) is 0 Å². The van der Waals surface area contributed by atoms with Crippen LogP contribution in [0.25, 0.3) is 0 Å². The van der Waals surface area contributed by atoms with Gasteiger partial charge in [0.05, 0.1) is 0 Å². The van der Waals surface area contributed by atoms with Crippen LogP contribution in [-0.4, -0.2) is 9.97 Å². The Labute approximate surface area is 101 Å². The Morgan fingerprint density at radius 2 is 1.88 bits per heavy atom. The third-order valence-electron chi connectivity index (χ3n) is 2.29. The maximum absolute atomic E-state index is 5.35. The summed E-state index contributed by atoms with van der Waals surface area (Å²) in [6.45, 7) is 4.00. The summed E-state index contributed by atoms with van der Waals surface area (Å²) in [5, 5.41) is 3.14. The van der Waals surface area contributed by atoms with Gasteiger partial charge in [0.1, 0.15) is 17.3 Å². The molecule has 84 valence electrons. The first kappa shape index (κ1) is 11.2. The van der Waals surface area contributed by atoms with Crippen LogP contribution in [0.2, 0.25) is 0 Å². The van der Waals surface area contributed by atoms with E-state index < -0.39 is 0 Å². The Bertz CT molecular complexity index is 582. The molecule has 0 radical (unpaired) electrons. The summed E-state index contributed by atoms with van der Waals surface area (Å²) in [4.78, 5) is 8.51. The molecule has 0 aromatic carbocycles. The number of aromatic nitrogens is 2. The molecular weight excluding hydrogens is 210 g/mol. The quantitative estimate of drug-likeness (QED) is 0.795. The Kier molecular flexibility index (Phi) is 3.06. The minimum atomic E-state index is 0.625. The number of nitrogens with one attached hydrogen (secondary N) is 1. The van der Waals surface area contributed by atoms with Gasteiger partial charge < -0.3 is 5.32 Å². The predicted molar refractivity (Wildman–Crippen MR) is 69.2 cm³/mol. The summed E-state index contributed by atoms with van der Waals surface area (Å²) in [6, 6.07) is 7.71. The van der Waals surface area contributed by atoms with E-state index in [2.05, 4.69) is 21.2 Å². The molecule has 3 nitrogen and oxygen atoms in total. The average Bonchev–Trinajstić information content (AvgIpc) is 2.28. The van der Waals surface area contributed by atoms with Crippen LogP contribution in [0.1, 0.15) is 16.8 Å². The van der Waals surface area contributed by atoms with E-state index in [0.29, 0.717) is 5.69 Å². The molecule has 2 heterocycles. The van der Waals surface area contributed by atoms with E-state index in [1.165, 1.54) is 0 Å². The summed E-state index contributed by atoms with van der Waals surface area (Å²) in [7, 11) is 0. The SMILES string of the molecule is C#Cc1cc(C)cc(Nc2cc(C)ccn2)n1. The first-order valence-corrected chi connectivity index (χ1v) is 5.32. The number of hydrogen-bond donors (Lipinski definition) is 1. The standard InChI is InChI=1S/C14H13N3/c1-4-12-7-11(3)9-14(16-12)17-13-8-10(2)5-6-15-13/h1,5-9H,2-3H3,(H,15,16,17). The van der Waals surface area contributed by atoms with Crippen LogP contribution < -0.4 is 5.32 Å². The number of pyridine rings is 2. The summed E-state index contributed by atoms with van der Waals surface area (Å²) in [5.41, 5.74) is 2.84. The molecule has 2 aromatic rings. The molecule has 0 aliphatic carbocycles. The van der Waals surface area contributed by atoms with E-state index in [9.17, 15) is 0 Å². The third-order valence-corrected chi connectivity index (χ3v) is 2.29. The van der Waals surface area contributed by atoms with Gasteiger partial charge in [-0.1, -0.05) is 5.92 Å². The molecule has 0 unspecified atom stereocenters. The molecule has 0 saturated heterocycles. The second-order valence-corrected chi connectivity index (χ2v) is 3.90. The summed E-state index contributed by atoms with van der Waals surface area (Å²) in [5.74, 6) is 4.02. The van der Waals surface area contributed by atoms with E-state index in [1.807, 2.05) is 38.1 Å². The van der Waals surface area contributed by atoms with Crippen molar-refractivity contribution in [1.82, 2.24) is 9.97 Å². The molecule has 0 bridgehead atoms. The zero-order chi connectivity index (χ0) is 12.3. The topological polar surface area (TPSA) is 37.8 Å². The van der Waals surface area contributed by atoms with Gasteiger partial charge in [-0.2, -0.15) is 0 Å². The number of aryl methyl sites for hydroxylation is 2. The lowest BCUT2D eigenvalue weighted by molar-refractivity contribution is 1.21. The van der Waals surface area contributed by atoms with Gasteiger partial charge in [-0.3, -0.25) is 0 Å². The normalized spacial score (nSPS) is 9.71. The second kappa shape index (κ2) is 4.67. The van der Waals surface area contributed by atoms with Crippen molar-refractivity contribution < 1.29 is 0 Å². The fourth-order valence-corrected chi connectivity index (χ4v) is 1.54. The monoisotopic (exact) mass is 223 g/mol. The molecule has 2 rings (SSSR count). The largest absolute Gasteiger partial charge is 0.325 e. The predicted octanol–water partition coefficient (Wildman–Crippen LogP) is 2.82. The Balaban J connectivity index is 2.30. The number of hydrogen-bond acceptors (Lipinski definition) is 3. The summed E-state index contributed by atoms with van der Waals surface area (Å²) < 4.78 is 0. The van der Waals surface area contributed by atoms with Crippen molar-refractivity contribution in [3.05, 3.63) is 47.3 Å². The van der Waals surface area contributed by atoms with Crippen LogP contribution in [0.15, 0.2) is 30.5 Å². The van der Waals surface area contributed by atoms with Crippen molar-refractivity contribution in [3.8, 4) is 12.3 Å². The van der Waals surface area contributed by atoms with E-state index in [4.69, 9.17) is 6.42 Å². The molecule has 3 heteroatoms. The van der Waals surface area contributed by atoms with Crippen molar-refractivity contribution in [2.45, 2.75) is 13.8 Å². The molecular formula is C14H13N3. The van der Waals surface area contributed by atoms with Crippen LogP contribution in [0, 0.1) is 26.2 Å². The first-order chi connectivity index (χ1) is 8.17. The molecule has 0 atom stereocenters. The molecule has 1 N–H and O–H groups in total. The maximum Gasteiger partial charge on any atom is 0.133 e. The van der Waals surface area contributed by atoms with Gasteiger partial charge >= 0.3 is 0 Å². The number of nitrogens with zero attached hydrogens (tertiary/aromatic N) is 2. The summed E-state index contributed by atoms with van der Waals surface area (Å²) >= 11 is 0. The minimum Gasteiger partial charge on any atom is -0.325 e. The molecule has 17 heavy (non-hydrogen) atoms. The van der Waals surface area contributed by atoms with E-state index in [-0.39, 0.29) is 0 Å². The number of terminal acetylenes is 1. The van der Waals surface area contributed by atoms with Gasteiger partial charge in [0.25, 0.3) is 0 Å². The lowest BCUT2D eigenvalue weighted by Crippen LogP contribution is -1.98. The van der Waals surface area contributed by atoms with Crippen molar-refractivity contribution >= 4 is 11.6 Å². The highest BCUT2D eigenvalue weighted by molar-refractivity contribution is 5.54. The highest BCUT2D eigenvalue weighted by Crippen LogP contribution is 2.15. The van der Waals surface area contributed by atoms with Gasteiger partial charge in [0.15, 0.2) is 0 Å². The first-order valence-electron chi connectivity index (χ1n) is 5.32. The zero-order valence-electron chi connectivity index (χ0n) is 9.86. The van der Waals surface area contributed by atoms with E-state index >= 15 is 0 Å². The van der Waals surface area contributed by atoms with Gasteiger partial charge in [0, 0.05) is 6.20 Å². The maximum atomic E-state index is 5.35. The molecule has 0 spiro atoms. The van der Waals surface area contributed by atoms with Crippen molar-refractivity contribution in [3.63, 3.8) is 0 Å². The van der Waals surface area contributed by atoms with Gasteiger partial charge in [-0.15, -0.1) is 6.42 Å². The van der Waals surface area contributed by atoms with Crippen LogP contribution in [0.4, 0.5) is 11.6 Å². The van der Waals surface area contributed by atoms with E-state index in [1.54, 1.807) is 6.20 Å². The van der Waals surface area contributed by atoms with Gasteiger partial charge in [-0.05, 0) is 49.2 Å². The minimum absolute atomic E-state index is 0.625. The summed E-state index contributed by atoms with van der Waals surface area (Å²) in [6.07, 6.45) is 7.11.